The van der Waals surface area contributed by atoms with Gasteiger partial charge in [0.25, 0.3) is 5.91 Å². The molecule has 1 amide bonds. The van der Waals surface area contributed by atoms with Crippen LogP contribution in [0.4, 0.5) is 0 Å². The summed E-state index contributed by atoms with van der Waals surface area (Å²) < 4.78 is 2.27. The van der Waals surface area contributed by atoms with Crippen molar-refractivity contribution in [2.24, 2.45) is 0 Å². The molecule has 0 spiro atoms. The molecule has 184 valence electrons. The van der Waals surface area contributed by atoms with Crippen LogP contribution in [0.5, 0.6) is 0 Å². The normalized spacial score (nSPS) is 10.8. The number of nitrogens with one attached hydrogen (secondary N) is 1. The van der Waals surface area contributed by atoms with Gasteiger partial charge in [-0.25, -0.2) is 4.98 Å². The Morgan fingerprint density at radius 2 is 1.27 bits per heavy atom. The summed E-state index contributed by atoms with van der Waals surface area (Å²) in [6.45, 7) is 3.52. The Morgan fingerprint density at radius 3 is 1.86 bits per heavy atom. The molecule has 1 N–H and O–H groups in total. The zero-order valence-corrected chi connectivity index (χ0v) is 21.6. The zero-order valence-electron chi connectivity index (χ0n) is 20.8. The van der Waals surface area contributed by atoms with Crippen LogP contribution < -0.4 is 5.32 Å². The maximum atomic E-state index is 12.7. The van der Waals surface area contributed by atoms with Gasteiger partial charge in [0.2, 0.25) is 0 Å². The van der Waals surface area contributed by atoms with Crippen molar-refractivity contribution in [1.82, 2.24) is 14.9 Å². The van der Waals surface area contributed by atoms with Gasteiger partial charge in [-0.05, 0) is 30.2 Å². The van der Waals surface area contributed by atoms with Gasteiger partial charge in [0.1, 0.15) is 0 Å². The number of carbonyl (C=O) groups is 1. The average molecular weight is 504 g/mol. The highest BCUT2D eigenvalue weighted by Crippen LogP contribution is 2.35. The summed E-state index contributed by atoms with van der Waals surface area (Å²) in [6, 6.07) is 38.7. The van der Waals surface area contributed by atoms with E-state index in [-0.39, 0.29) is 5.91 Å². The molecule has 0 atom stereocenters. The van der Waals surface area contributed by atoms with Crippen molar-refractivity contribution in [2.75, 3.05) is 12.3 Å². The van der Waals surface area contributed by atoms with E-state index in [1.54, 1.807) is 11.8 Å². The van der Waals surface area contributed by atoms with E-state index < -0.39 is 0 Å². The first-order valence-electron chi connectivity index (χ1n) is 12.5. The lowest BCUT2D eigenvalue weighted by Gasteiger charge is -2.11. The molecule has 0 saturated carbocycles. The van der Waals surface area contributed by atoms with Gasteiger partial charge >= 0.3 is 0 Å². The van der Waals surface area contributed by atoms with Crippen molar-refractivity contribution in [3.63, 3.8) is 0 Å². The Morgan fingerprint density at radius 1 is 0.730 bits per heavy atom. The quantitative estimate of drug-likeness (QED) is 0.168. The molecule has 0 bridgehead atoms. The number of imidazole rings is 1. The zero-order chi connectivity index (χ0) is 25.5. The first-order valence-corrected chi connectivity index (χ1v) is 13.5. The lowest BCUT2D eigenvalue weighted by atomic mass is 10.0. The van der Waals surface area contributed by atoms with Crippen LogP contribution in [0, 0.1) is 0 Å². The number of carbonyl (C=O) groups excluding carboxylic acids is 1. The summed E-state index contributed by atoms with van der Waals surface area (Å²) in [5.74, 6) is 0.668. The molecule has 0 unspecified atom stereocenters. The van der Waals surface area contributed by atoms with Crippen LogP contribution in [-0.2, 0) is 6.54 Å². The second-order valence-corrected chi connectivity index (χ2v) is 9.68. The molecular formula is C32H29N3OS. The van der Waals surface area contributed by atoms with E-state index in [9.17, 15) is 4.79 Å². The third-order valence-electron chi connectivity index (χ3n) is 6.22. The molecule has 1 aromatic heterocycles. The predicted molar refractivity (Wildman–Crippen MR) is 154 cm³/mol. The summed E-state index contributed by atoms with van der Waals surface area (Å²) in [6.07, 6.45) is 0. The number of nitrogens with zero attached hydrogens (tertiary/aromatic N) is 2. The number of aromatic nitrogens is 2. The van der Waals surface area contributed by atoms with E-state index in [0.29, 0.717) is 12.1 Å². The summed E-state index contributed by atoms with van der Waals surface area (Å²) in [5, 5.41) is 4.01. The van der Waals surface area contributed by atoms with Gasteiger partial charge < -0.3 is 9.88 Å². The molecule has 0 saturated heterocycles. The molecule has 0 radical (unpaired) electrons. The fraction of sp³-hybridized carbons (Fsp3) is 0.125. The minimum Gasteiger partial charge on any atom is -0.351 e. The molecule has 0 aliphatic rings. The van der Waals surface area contributed by atoms with Crippen LogP contribution >= 0.6 is 11.8 Å². The summed E-state index contributed by atoms with van der Waals surface area (Å²) in [7, 11) is 0. The van der Waals surface area contributed by atoms with E-state index in [1.807, 2.05) is 66.7 Å². The number of rotatable bonds is 9. The maximum absolute atomic E-state index is 12.7. The van der Waals surface area contributed by atoms with Crippen LogP contribution in [0.1, 0.15) is 17.3 Å². The number of hydrogen-bond donors (Lipinski definition) is 1. The molecule has 0 fully saturated rings. The second kappa shape index (κ2) is 11.8. The number of thioether (sulfide) groups is 1. The predicted octanol–water partition coefficient (Wildman–Crippen LogP) is 7.43. The topological polar surface area (TPSA) is 46.9 Å². The molecule has 1 heterocycles. The standard InChI is InChI=1S/C32H29N3OS/c1-2-35-30(27-16-10-5-11-17-27)29(26-14-8-4-9-15-26)34-32(35)37-23-22-33-31(36)28-20-18-25(19-21-28)24-12-6-3-7-13-24/h3-21H,2,22-23H2,1H3,(H,33,36). The van der Waals surface area contributed by atoms with Crippen molar-refractivity contribution in [3.8, 4) is 33.6 Å². The highest BCUT2D eigenvalue weighted by molar-refractivity contribution is 7.99. The molecule has 5 aromatic rings. The molecule has 0 aliphatic carbocycles. The molecule has 4 aromatic carbocycles. The van der Waals surface area contributed by atoms with Crippen LogP contribution in [0.25, 0.3) is 33.6 Å². The van der Waals surface area contributed by atoms with Gasteiger partial charge in [-0.3, -0.25) is 4.79 Å². The molecular weight excluding hydrogens is 474 g/mol. The van der Waals surface area contributed by atoms with E-state index in [4.69, 9.17) is 4.98 Å². The first-order chi connectivity index (χ1) is 18.2. The Kier molecular flexibility index (Phi) is 7.82. The first kappa shape index (κ1) is 24.6. The van der Waals surface area contributed by atoms with E-state index in [2.05, 4.69) is 65.3 Å². The maximum Gasteiger partial charge on any atom is 0.251 e. The fourth-order valence-corrected chi connectivity index (χ4v) is 5.29. The minimum atomic E-state index is -0.0611. The lowest BCUT2D eigenvalue weighted by molar-refractivity contribution is 0.0956. The summed E-state index contributed by atoms with van der Waals surface area (Å²) >= 11 is 1.67. The van der Waals surface area contributed by atoms with Crippen LogP contribution in [0.15, 0.2) is 120 Å². The second-order valence-electron chi connectivity index (χ2n) is 8.62. The minimum absolute atomic E-state index is 0.0611. The average Bonchev–Trinajstić information content (AvgIpc) is 3.35. The Hall–Kier alpha value is -4.09. The van der Waals surface area contributed by atoms with Crippen LogP contribution in [0.2, 0.25) is 0 Å². The lowest BCUT2D eigenvalue weighted by Crippen LogP contribution is -2.25. The monoisotopic (exact) mass is 503 g/mol. The molecule has 0 aliphatic heterocycles. The van der Waals surface area contributed by atoms with E-state index in [0.717, 1.165) is 51.1 Å². The van der Waals surface area contributed by atoms with E-state index in [1.165, 1.54) is 0 Å². The molecule has 37 heavy (non-hydrogen) atoms. The van der Waals surface area contributed by atoms with Gasteiger partial charge in [0.05, 0.1) is 11.4 Å². The number of amides is 1. The van der Waals surface area contributed by atoms with Gasteiger partial charge in [-0.2, -0.15) is 0 Å². The molecule has 5 rings (SSSR count). The number of hydrogen-bond acceptors (Lipinski definition) is 3. The third-order valence-corrected chi connectivity index (χ3v) is 7.19. The smallest absolute Gasteiger partial charge is 0.251 e. The number of benzene rings is 4. The Bertz CT molecular complexity index is 1450. The van der Waals surface area contributed by atoms with Gasteiger partial charge in [-0.15, -0.1) is 0 Å². The Labute approximate surface area is 222 Å². The Balaban J connectivity index is 1.27. The fourth-order valence-electron chi connectivity index (χ4n) is 4.38. The van der Waals surface area contributed by atoms with Crippen LogP contribution in [0.3, 0.4) is 0 Å². The van der Waals surface area contributed by atoms with E-state index >= 15 is 0 Å². The van der Waals surface area contributed by atoms with Gasteiger partial charge in [0, 0.05) is 35.5 Å². The van der Waals surface area contributed by atoms with Gasteiger partial charge in [0.15, 0.2) is 5.16 Å². The van der Waals surface area contributed by atoms with Crippen molar-refractivity contribution in [1.29, 1.82) is 0 Å². The summed E-state index contributed by atoms with van der Waals surface area (Å²) in [5.41, 5.74) is 7.26. The SMILES string of the molecule is CCn1c(SCCNC(=O)c2ccc(-c3ccccc3)cc2)nc(-c2ccccc2)c1-c1ccccc1. The van der Waals surface area contributed by atoms with Gasteiger partial charge in [-0.1, -0.05) is 115 Å². The van der Waals surface area contributed by atoms with Crippen LogP contribution in [-0.4, -0.2) is 27.8 Å². The highest BCUT2D eigenvalue weighted by atomic mass is 32.2. The van der Waals surface area contributed by atoms with Crippen molar-refractivity contribution >= 4 is 17.7 Å². The highest BCUT2D eigenvalue weighted by Gasteiger charge is 2.19. The third kappa shape index (κ3) is 5.68. The van der Waals surface area contributed by atoms with Crippen molar-refractivity contribution in [3.05, 3.63) is 121 Å². The summed E-state index contributed by atoms with van der Waals surface area (Å²) in [4.78, 5) is 17.8. The molecule has 5 heteroatoms. The van der Waals surface area contributed by atoms with Crippen molar-refractivity contribution in [2.45, 2.75) is 18.6 Å². The van der Waals surface area contributed by atoms with Crippen molar-refractivity contribution < 1.29 is 4.79 Å². The molecule has 4 nitrogen and oxygen atoms in total. The largest absolute Gasteiger partial charge is 0.351 e.